The van der Waals surface area contributed by atoms with Crippen molar-refractivity contribution in [3.8, 4) is 5.88 Å². The van der Waals surface area contributed by atoms with Crippen LogP contribution >= 0.6 is 0 Å². The van der Waals surface area contributed by atoms with Gasteiger partial charge in [0.2, 0.25) is 5.88 Å². The van der Waals surface area contributed by atoms with E-state index < -0.39 is 0 Å². The minimum Gasteiger partial charge on any atom is -0.481 e. The Balaban J connectivity index is 1.68. The van der Waals surface area contributed by atoms with Crippen molar-refractivity contribution in [1.82, 2.24) is 15.6 Å². The molecule has 0 fully saturated rings. The molecule has 0 saturated carbocycles. The molecule has 0 unspecified atom stereocenters. The van der Waals surface area contributed by atoms with Crippen LogP contribution in [0.3, 0.4) is 0 Å². The zero-order valence-electron chi connectivity index (χ0n) is 12.3. The molecule has 0 atom stereocenters. The average molecular weight is 303 g/mol. The molecule has 2 amide bonds. The molecule has 2 rings (SSSR count). The summed E-state index contributed by atoms with van der Waals surface area (Å²) in [4.78, 5) is 15.7. The lowest BCUT2D eigenvalue weighted by atomic mass is 10.1. The Labute approximate surface area is 128 Å². The van der Waals surface area contributed by atoms with Crippen LogP contribution in [0.15, 0.2) is 42.6 Å². The standard InChI is InChI=1S/C16H18FN3O2/c1-22-15-7-4-13(10-19-15)11-20-16(21)18-9-8-12-2-5-14(17)6-3-12/h2-7,10H,8-9,11H2,1H3,(H2,18,20,21). The number of benzene rings is 1. The number of aromatic nitrogens is 1. The Kier molecular flexibility index (Phi) is 5.71. The molecule has 5 nitrogen and oxygen atoms in total. The van der Waals surface area contributed by atoms with E-state index in [9.17, 15) is 9.18 Å². The highest BCUT2D eigenvalue weighted by molar-refractivity contribution is 5.73. The molecule has 0 spiro atoms. The second-order valence-corrected chi connectivity index (χ2v) is 4.69. The lowest BCUT2D eigenvalue weighted by Crippen LogP contribution is -2.36. The monoisotopic (exact) mass is 303 g/mol. The summed E-state index contributed by atoms with van der Waals surface area (Å²) in [5.74, 6) is 0.273. The van der Waals surface area contributed by atoms with E-state index in [4.69, 9.17) is 4.74 Å². The molecule has 2 N–H and O–H groups in total. The fourth-order valence-corrected chi connectivity index (χ4v) is 1.85. The average Bonchev–Trinajstić information content (AvgIpc) is 2.55. The molecule has 1 aromatic heterocycles. The molecule has 0 radical (unpaired) electrons. The Morgan fingerprint density at radius 2 is 1.86 bits per heavy atom. The van der Waals surface area contributed by atoms with Gasteiger partial charge in [-0.2, -0.15) is 0 Å². The number of pyridine rings is 1. The van der Waals surface area contributed by atoms with Crippen molar-refractivity contribution in [2.45, 2.75) is 13.0 Å². The van der Waals surface area contributed by atoms with Crippen molar-refractivity contribution in [2.75, 3.05) is 13.7 Å². The quantitative estimate of drug-likeness (QED) is 0.860. The van der Waals surface area contributed by atoms with E-state index in [1.54, 1.807) is 31.5 Å². The summed E-state index contributed by atoms with van der Waals surface area (Å²) in [6, 6.07) is 9.56. The van der Waals surface area contributed by atoms with Gasteiger partial charge in [-0.3, -0.25) is 0 Å². The number of carbonyl (C=O) groups is 1. The maximum atomic E-state index is 12.8. The molecular weight excluding hydrogens is 285 g/mol. The highest BCUT2D eigenvalue weighted by Gasteiger charge is 2.01. The number of nitrogens with one attached hydrogen (secondary N) is 2. The van der Waals surface area contributed by atoms with E-state index in [0.717, 1.165) is 11.1 Å². The van der Waals surface area contributed by atoms with E-state index in [0.29, 0.717) is 25.4 Å². The van der Waals surface area contributed by atoms with Gasteiger partial charge in [0.25, 0.3) is 0 Å². The molecule has 116 valence electrons. The van der Waals surface area contributed by atoms with Crippen LogP contribution < -0.4 is 15.4 Å². The summed E-state index contributed by atoms with van der Waals surface area (Å²) >= 11 is 0. The lowest BCUT2D eigenvalue weighted by molar-refractivity contribution is 0.240. The fourth-order valence-electron chi connectivity index (χ4n) is 1.85. The number of hydrogen-bond acceptors (Lipinski definition) is 3. The van der Waals surface area contributed by atoms with Gasteiger partial charge in [-0.05, 0) is 29.7 Å². The van der Waals surface area contributed by atoms with Crippen molar-refractivity contribution in [2.24, 2.45) is 0 Å². The smallest absolute Gasteiger partial charge is 0.315 e. The first-order valence-corrected chi connectivity index (χ1v) is 6.92. The summed E-state index contributed by atoms with van der Waals surface area (Å²) in [5, 5.41) is 5.49. The van der Waals surface area contributed by atoms with E-state index in [-0.39, 0.29) is 11.8 Å². The van der Waals surface area contributed by atoms with Gasteiger partial charge in [0.15, 0.2) is 0 Å². The highest BCUT2D eigenvalue weighted by atomic mass is 19.1. The topological polar surface area (TPSA) is 63.2 Å². The maximum absolute atomic E-state index is 12.8. The van der Waals surface area contributed by atoms with Gasteiger partial charge in [-0.1, -0.05) is 18.2 Å². The van der Waals surface area contributed by atoms with Crippen molar-refractivity contribution < 1.29 is 13.9 Å². The van der Waals surface area contributed by atoms with Gasteiger partial charge in [0.1, 0.15) is 5.82 Å². The third kappa shape index (κ3) is 5.05. The number of carbonyl (C=O) groups excluding carboxylic acids is 1. The second-order valence-electron chi connectivity index (χ2n) is 4.69. The summed E-state index contributed by atoms with van der Waals surface area (Å²) in [6.07, 6.45) is 2.30. The second kappa shape index (κ2) is 7.97. The summed E-state index contributed by atoms with van der Waals surface area (Å²) < 4.78 is 17.7. The molecule has 0 aliphatic carbocycles. The third-order valence-electron chi connectivity index (χ3n) is 3.07. The first-order valence-electron chi connectivity index (χ1n) is 6.92. The van der Waals surface area contributed by atoms with Gasteiger partial charge in [0, 0.05) is 25.4 Å². The van der Waals surface area contributed by atoms with Gasteiger partial charge < -0.3 is 15.4 Å². The van der Waals surface area contributed by atoms with Crippen molar-refractivity contribution in [1.29, 1.82) is 0 Å². The normalized spacial score (nSPS) is 10.1. The van der Waals surface area contributed by atoms with Crippen molar-refractivity contribution in [3.63, 3.8) is 0 Å². The Bertz CT molecular complexity index is 600. The molecule has 2 aromatic rings. The Morgan fingerprint density at radius 3 is 2.50 bits per heavy atom. The molecule has 0 aliphatic heterocycles. The molecule has 0 aliphatic rings. The van der Waals surface area contributed by atoms with Gasteiger partial charge >= 0.3 is 6.03 Å². The number of methoxy groups -OCH3 is 1. The number of urea groups is 1. The number of hydrogen-bond donors (Lipinski definition) is 2. The van der Waals surface area contributed by atoms with Gasteiger partial charge in [0.05, 0.1) is 7.11 Å². The minimum atomic E-state index is -0.262. The van der Waals surface area contributed by atoms with Crippen LogP contribution in [0.2, 0.25) is 0 Å². The maximum Gasteiger partial charge on any atom is 0.315 e. The first-order chi connectivity index (χ1) is 10.7. The predicted molar refractivity (Wildman–Crippen MR) is 81.1 cm³/mol. The first kappa shape index (κ1) is 15.8. The lowest BCUT2D eigenvalue weighted by Gasteiger charge is -2.08. The molecule has 0 bridgehead atoms. The Morgan fingerprint density at radius 1 is 1.14 bits per heavy atom. The number of ether oxygens (including phenoxy) is 1. The third-order valence-corrected chi connectivity index (χ3v) is 3.07. The van der Waals surface area contributed by atoms with Gasteiger partial charge in [-0.15, -0.1) is 0 Å². The number of amides is 2. The number of halogens is 1. The largest absolute Gasteiger partial charge is 0.481 e. The molecular formula is C16H18FN3O2. The van der Waals surface area contributed by atoms with Crippen LogP contribution in [-0.4, -0.2) is 24.7 Å². The number of nitrogens with zero attached hydrogens (tertiary/aromatic N) is 1. The fraction of sp³-hybridized carbons (Fsp3) is 0.250. The minimum absolute atomic E-state index is 0.252. The number of rotatable bonds is 6. The van der Waals surface area contributed by atoms with Crippen LogP contribution in [0.4, 0.5) is 9.18 Å². The van der Waals surface area contributed by atoms with E-state index in [1.807, 2.05) is 6.07 Å². The SMILES string of the molecule is COc1ccc(CNC(=O)NCCc2ccc(F)cc2)cn1. The molecule has 0 saturated heterocycles. The van der Waals surface area contributed by atoms with Crippen LogP contribution in [0.1, 0.15) is 11.1 Å². The van der Waals surface area contributed by atoms with Crippen LogP contribution in [0.25, 0.3) is 0 Å². The Hall–Kier alpha value is -2.63. The van der Waals surface area contributed by atoms with Crippen LogP contribution in [0, 0.1) is 5.82 Å². The van der Waals surface area contributed by atoms with E-state index in [2.05, 4.69) is 15.6 Å². The molecule has 22 heavy (non-hydrogen) atoms. The summed E-state index contributed by atoms with van der Waals surface area (Å²) in [6.45, 7) is 0.873. The zero-order valence-corrected chi connectivity index (χ0v) is 12.3. The van der Waals surface area contributed by atoms with E-state index in [1.165, 1.54) is 12.1 Å². The van der Waals surface area contributed by atoms with Crippen LogP contribution in [0.5, 0.6) is 5.88 Å². The van der Waals surface area contributed by atoms with Crippen LogP contribution in [-0.2, 0) is 13.0 Å². The summed E-state index contributed by atoms with van der Waals surface area (Å²) in [5.41, 5.74) is 1.86. The van der Waals surface area contributed by atoms with Crippen molar-refractivity contribution >= 4 is 6.03 Å². The summed E-state index contributed by atoms with van der Waals surface area (Å²) in [7, 11) is 1.55. The van der Waals surface area contributed by atoms with E-state index >= 15 is 0 Å². The predicted octanol–water partition coefficient (Wildman–Crippen LogP) is 2.27. The highest BCUT2D eigenvalue weighted by Crippen LogP contribution is 2.06. The zero-order chi connectivity index (χ0) is 15.8. The molecule has 1 heterocycles. The van der Waals surface area contributed by atoms with Gasteiger partial charge in [-0.25, -0.2) is 14.2 Å². The molecule has 6 heteroatoms. The molecule has 1 aromatic carbocycles. The van der Waals surface area contributed by atoms with Crippen molar-refractivity contribution in [3.05, 3.63) is 59.5 Å².